The first-order valence-corrected chi connectivity index (χ1v) is 7.04. The highest BCUT2D eigenvalue weighted by molar-refractivity contribution is 8.00. The third-order valence-corrected chi connectivity index (χ3v) is 4.96. The molecule has 2 atom stereocenters. The van der Waals surface area contributed by atoms with Crippen molar-refractivity contribution < 1.29 is 0 Å². The van der Waals surface area contributed by atoms with Gasteiger partial charge >= 0.3 is 0 Å². The van der Waals surface area contributed by atoms with Gasteiger partial charge in [-0.3, -0.25) is 0 Å². The Labute approximate surface area is 103 Å². The zero-order chi connectivity index (χ0) is 11.5. The summed E-state index contributed by atoms with van der Waals surface area (Å²) in [4.78, 5) is 1.41. The third kappa shape index (κ3) is 2.80. The van der Waals surface area contributed by atoms with Crippen LogP contribution in [-0.4, -0.2) is 11.3 Å². The monoisotopic (exact) mass is 235 g/mol. The molecule has 1 aliphatic rings. The lowest BCUT2D eigenvalue weighted by Crippen LogP contribution is -2.35. The average Bonchev–Trinajstić information content (AvgIpc) is 2.25. The van der Waals surface area contributed by atoms with Crippen LogP contribution in [0.15, 0.2) is 23.1 Å². The number of nitrogens with two attached hydrogens (primary N) is 1. The second-order valence-corrected chi connectivity index (χ2v) is 6.15. The molecule has 1 aromatic carbocycles. The molecule has 0 aliphatic heterocycles. The molecular formula is C14H21NS. The first kappa shape index (κ1) is 12.0. The van der Waals surface area contributed by atoms with Crippen LogP contribution < -0.4 is 5.73 Å². The first-order valence-electron chi connectivity index (χ1n) is 6.16. The summed E-state index contributed by atoms with van der Waals surface area (Å²) < 4.78 is 0. The van der Waals surface area contributed by atoms with Crippen molar-refractivity contribution >= 4 is 11.8 Å². The fourth-order valence-electron chi connectivity index (χ4n) is 2.37. The first-order chi connectivity index (χ1) is 7.66. The van der Waals surface area contributed by atoms with Gasteiger partial charge in [0.2, 0.25) is 0 Å². The molecular weight excluding hydrogens is 214 g/mol. The van der Waals surface area contributed by atoms with Gasteiger partial charge < -0.3 is 5.73 Å². The van der Waals surface area contributed by atoms with Crippen LogP contribution in [0.3, 0.4) is 0 Å². The standard InChI is InChI=1S/C14H21NS/c1-10-7-8-13(11(2)9-10)16-14-6-4-3-5-12(14)15/h7-9,12,14H,3-6,15H2,1-2H3. The summed E-state index contributed by atoms with van der Waals surface area (Å²) in [6.07, 6.45) is 5.13. The van der Waals surface area contributed by atoms with E-state index in [-0.39, 0.29) is 0 Å². The molecule has 0 amide bonds. The van der Waals surface area contributed by atoms with Gasteiger partial charge in [-0.25, -0.2) is 0 Å². The third-order valence-electron chi connectivity index (χ3n) is 3.36. The van der Waals surface area contributed by atoms with Crippen LogP contribution in [0.25, 0.3) is 0 Å². The Balaban J connectivity index is 2.07. The molecule has 88 valence electrons. The molecule has 1 saturated carbocycles. The predicted octanol–water partition coefficient (Wildman–Crippen LogP) is 3.67. The van der Waals surface area contributed by atoms with E-state index in [4.69, 9.17) is 5.73 Å². The lowest BCUT2D eigenvalue weighted by Gasteiger charge is -2.28. The molecule has 1 fully saturated rings. The van der Waals surface area contributed by atoms with Crippen molar-refractivity contribution in [1.29, 1.82) is 0 Å². The zero-order valence-corrected chi connectivity index (χ0v) is 11.0. The van der Waals surface area contributed by atoms with Crippen LogP contribution in [0.1, 0.15) is 36.8 Å². The van der Waals surface area contributed by atoms with Crippen molar-refractivity contribution in [2.45, 2.75) is 55.7 Å². The minimum Gasteiger partial charge on any atom is -0.327 e. The van der Waals surface area contributed by atoms with Gasteiger partial charge in [-0.15, -0.1) is 11.8 Å². The minimum atomic E-state index is 0.388. The highest BCUT2D eigenvalue weighted by Gasteiger charge is 2.22. The van der Waals surface area contributed by atoms with E-state index in [1.165, 1.54) is 41.7 Å². The topological polar surface area (TPSA) is 26.0 Å². The van der Waals surface area contributed by atoms with Crippen molar-refractivity contribution in [3.63, 3.8) is 0 Å². The molecule has 0 heterocycles. The molecule has 0 saturated heterocycles. The fourth-order valence-corrected chi connectivity index (χ4v) is 3.68. The molecule has 1 aliphatic carbocycles. The summed E-state index contributed by atoms with van der Waals surface area (Å²) >= 11 is 1.98. The lowest BCUT2D eigenvalue weighted by molar-refractivity contribution is 0.453. The van der Waals surface area contributed by atoms with E-state index in [1.54, 1.807) is 0 Å². The number of benzene rings is 1. The van der Waals surface area contributed by atoms with Crippen LogP contribution in [-0.2, 0) is 0 Å². The fraction of sp³-hybridized carbons (Fsp3) is 0.571. The Morgan fingerprint density at radius 1 is 1.19 bits per heavy atom. The summed E-state index contributed by atoms with van der Waals surface area (Å²) in [5.41, 5.74) is 8.92. The van der Waals surface area contributed by atoms with Gasteiger partial charge in [0.15, 0.2) is 0 Å². The van der Waals surface area contributed by atoms with Gasteiger partial charge in [0.1, 0.15) is 0 Å². The van der Waals surface area contributed by atoms with Crippen LogP contribution in [0.2, 0.25) is 0 Å². The van der Waals surface area contributed by atoms with Gasteiger partial charge in [-0.2, -0.15) is 0 Å². The van der Waals surface area contributed by atoms with Gasteiger partial charge in [-0.05, 0) is 38.3 Å². The highest BCUT2D eigenvalue weighted by atomic mass is 32.2. The maximum Gasteiger partial charge on any atom is 0.0246 e. The molecule has 2 unspecified atom stereocenters. The SMILES string of the molecule is Cc1ccc(SC2CCCCC2N)c(C)c1. The second kappa shape index (κ2) is 5.24. The number of aryl methyl sites for hydroxylation is 2. The van der Waals surface area contributed by atoms with E-state index >= 15 is 0 Å². The van der Waals surface area contributed by atoms with Gasteiger partial charge in [0, 0.05) is 16.2 Å². The summed E-state index contributed by atoms with van der Waals surface area (Å²) in [6, 6.07) is 7.09. The number of hydrogen-bond donors (Lipinski definition) is 1. The molecule has 0 radical (unpaired) electrons. The summed E-state index contributed by atoms with van der Waals surface area (Å²) in [5.74, 6) is 0. The summed E-state index contributed by atoms with van der Waals surface area (Å²) in [7, 11) is 0. The van der Waals surface area contributed by atoms with Gasteiger partial charge in [0.25, 0.3) is 0 Å². The van der Waals surface area contributed by atoms with E-state index in [0.29, 0.717) is 11.3 Å². The maximum absolute atomic E-state index is 6.19. The van der Waals surface area contributed by atoms with Crippen molar-refractivity contribution in [1.82, 2.24) is 0 Å². The smallest absolute Gasteiger partial charge is 0.0246 e. The van der Waals surface area contributed by atoms with Gasteiger partial charge in [-0.1, -0.05) is 30.5 Å². The van der Waals surface area contributed by atoms with Crippen LogP contribution in [0.4, 0.5) is 0 Å². The van der Waals surface area contributed by atoms with Crippen LogP contribution in [0.5, 0.6) is 0 Å². The zero-order valence-electron chi connectivity index (χ0n) is 10.2. The lowest BCUT2D eigenvalue weighted by atomic mass is 9.96. The predicted molar refractivity (Wildman–Crippen MR) is 72.0 cm³/mol. The molecule has 0 aromatic heterocycles. The largest absolute Gasteiger partial charge is 0.327 e. The van der Waals surface area contributed by atoms with E-state index < -0.39 is 0 Å². The number of rotatable bonds is 2. The van der Waals surface area contributed by atoms with Crippen molar-refractivity contribution in [2.24, 2.45) is 5.73 Å². The molecule has 2 rings (SSSR count). The molecule has 2 heteroatoms. The summed E-state index contributed by atoms with van der Waals surface area (Å²) in [5, 5.41) is 0.621. The Hall–Kier alpha value is -0.470. The minimum absolute atomic E-state index is 0.388. The quantitative estimate of drug-likeness (QED) is 0.846. The van der Waals surface area contributed by atoms with Crippen molar-refractivity contribution in [3.8, 4) is 0 Å². The van der Waals surface area contributed by atoms with E-state index in [1.807, 2.05) is 11.8 Å². The van der Waals surface area contributed by atoms with Gasteiger partial charge in [0.05, 0.1) is 0 Å². The van der Waals surface area contributed by atoms with E-state index in [9.17, 15) is 0 Å². The molecule has 1 nitrogen and oxygen atoms in total. The van der Waals surface area contributed by atoms with Crippen molar-refractivity contribution in [2.75, 3.05) is 0 Å². The number of thioether (sulfide) groups is 1. The Morgan fingerprint density at radius 3 is 2.62 bits per heavy atom. The van der Waals surface area contributed by atoms with Crippen LogP contribution in [0, 0.1) is 13.8 Å². The van der Waals surface area contributed by atoms with Crippen molar-refractivity contribution in [3.05, 3.63) is 29.3 Å². The van der Waals surface area contributed by atoms with Crippen LogP contribution >= 0.6 is 11.8 Å². The molecule has 1 aromatic rings. The number of hydrogen-bond acceptors (Lipinski definition) is 2. The average molecular weight is 235 g/mol. The maximum atomic E-state index is 6.19. The molecule has 2 N–H and O–H groups in total. The summed E-state index contributed by atoms with van der Waals surface area (Å²) in [6.45, 7) is 4.34. The van der Waals surface area contributed by atoms with E-state index in [2.05, 4.69) is 32.0 Å². The molecule has 0 bridgehead atoms. The Bertz CT molecular complexity index is 362. The highest BCUT2D eigenvalue weighted by Crippen LogP contribution is 2.34. The Kier molecular flexibility index (Phi) is 3.93. The van der Waals surface area contributed by atoms with E-state index in [0.717, 1.165) is 0 Å². The molecule has 16 heavy (non-hydrogen) atoms. The normalized spacial score (nSPS) is 25.7. The molecule has 0 spiro atoms. The Morgan fingerprint density at radius 2 is 1.94 bits per heavy atom. The second-order valence-electron chi connectivity index (χ2n) is 4.87.